The van der Waals surface area contributed by atoms with Crippen molar-refractivity contribution >= 4 is 17.6 Å². The van der Waals surface area contributed by atoms with Crippen molar-refractivity contribution in [3.63, 3.8) is 0 Å². The van der Waals surface area contributed by atoms with Gasteiger partial charge in [-0.3, -0.25) is 19.6 Å². The van der Waals surface area contributed by atoms with E-state index in [9.17, 15) is 9.59 Å². The summed E-state index contributed by atoms with van der Waals surface area (Å²) >= 11 is 0. The standard InChI is InChI=1S/C20H27N5O3/c1-20(2,3)28-19(27)25-11-14-9-15(25)10-24(14)18-22-17(16(26)12-23(18)4)13-5-7-21-8-6-13/h5-8,14-15,18H,9-12H2,1-4H3/t14?,15-,18?/m0/s1. The number of piperazine rings is 1. The quantitative estimate of drug-likeness (QED) is 0.765. The number of amides is 1. The van der Waals surface area contributed by atoms with E-state index in [-0.39, 0.29) is 30.2 Å². The number of hydrogen-bond acceptors (Lipinski definition) is 7. The zero-order valence-electron chi connectivity index (χ0n) is 16.8. The minimum atomic E-state index is -0.494. The Labute approximate surface area is 165 Å². The number of likely N-dealkylation sites (tertiary alicyclic amines) is 2. The van der Waals surface area contributed by atoms with E-state index in [1.165, 1.54) is 0 Å². The molecular weight excluding hydrogens is 358 g/mol. The van der Waals surface area contributed by atoms with Crippen LogP contribution < -0.4 is 0 Å². The number of ketones is 1. The van der Waals surface area contributed by atoms with E-state index in [4.69, 9.17) is 9.73 Å². The van der Waals surface area contributed by atoms with E-state index in [2.05, 4.69) is 9.88 Å². The molecule has 0 radical (unpaired) electrons. The maximum atomic E-state index is 12.5. The van der Waals surface area contributed by atoms with Crippen molar-refractivity contribution in [1.29, 1.82) is 0 Å². The lowest BCUT2D eigenvalue weighted by Gasteiger charge is -2.42. The van der Waals surface area contributed by atoms with Gasteiger partial charge in [-0.15, -0.1) is 0 Å². The average molecular weight is 385 g/mol. The number of hydrogen-bond donors (Lipinski definition) is 0. The van der Waals surface area contributed by atoms with E-state index in [0.717, 1.165) is 18.5 Å². The molecule has 8 nitrogen and oxygen atoms in total. The molecule has 8 heteroatoms. The summed E-state index contributed by atoms with van der Waals surface area (Å²) < 4.78 is 5.54. The smallest absolute Gasteiger partial charge is 0.410 e. The second kappa shape index (κ2) is 6.93. The number of aromatic nitrogens is 1. The predicted molar refractivity (Wildman–Crippen MR) is 104 cm³/mol. The van der Waals surface area contributed by atoms with Crippen molar-refractivity contribution in [1.82, 2.24) is 19.7 Å². The lowest BCUT2D eigenvalue weighted by atomic mass is 10.1. The van der Waals surface area contributed by atoms with Gasteiger partial charge in [0.15, 0.2) is 12.1 Å². The Morgan fingerprint density at radius 3 is 2.50 bits per heavy atom. The van der Waals surface area contributed by atoms with Crippen LogP contribution in [-0.4, -0.2) is 87.9 Å². The Hall–Kier alpha value is -2.32. The molecule has 0 aromatic carbocycles. The number of likely N-dealkylation sites (N-methyl/N-ethyl adjacent to an activating group) is 1. The first-order chi connectivity index (χ1) is 13.2. The zero-order chi connectivity index (χ0) is 20.1. The van der Waals surface area contributed by atoms with E-state index in [0.29, 0.717) is 18.8 Å². The molecule has 3 aliphatic rings. The third-order valence-corrected chi connectivity index (χ3v) is 5.46. The number of rotatable bonds is 2. The number of fused-ring (bicyclic) bond motifs is 2. The van der Waals surface area contributed by atoms with E-state index in [1.54, 1.807) is 12.4 Å². The second-order valence-electron chi connectivity index (χ2n) is 8.77. The molecule has 0 spiro atoms. The lowest BCUT2D eigenvalue weighted by molar-refractivity contribution is -0.116. The number of carbonyl (C=O) groups excluding carboxylic acids is 2. The van der Waals surface area contributed by atoms with E-state index in [1.807, 2.05) is 49.8 Å². The molecule has 4 rings (SSSR count). The molecule has 2 unspecified atom stereocenters. The highest BCUT2D eigenvalue weighted by Crippen LogP contribution is 2.34. The summed E-state index contributed by atoms with van der Waals surface area (Å²) in [6.07, 6.45) is 3.83. The van der Waals surface area contributed by atoms with Crippen molar-refractivity contribution in [2.24, 2.45) is 4.99 Å². The third kappa shape index (κ3) is 3.54. The minimum Gasteiger partial charge on any atom is -0.444 e. The van der Waals surface area contributed by atoms with Gasteiger partial charge in [-0.25, -0.2) is 9.79 Å². The molecule has 0 saturated carbocycles. The Morgan fingerprint density at radius 2 is 1.89 bits per heavy atom. The molecule has 3 atom stereocenters. The Kier molecular flexibility index (Phi) is 4.71. The molecule has 150 valence electrons. The summed E-state index contributed by atoms with van der Waals surface area (Å²) in [6, 6.07) is 3.99. The summed E-state index contributed by atoms with van der Waals surface area (Å²) in [6.45, 7) is 7.35. The van der Waals surface area contributed by atoms with Crippen LogP contribution in [0.25, 0.3) is 0 Å². The Balaban J connectivity index is 1.51. The first-order valence-electron chi connectivity index (χ1n) is 9.70. The largest absolute Gasteiger partial charge is 0.444 e. The minimum absolute atomic E-state index is 0.0182. The molecule has 0 N–H and O–H groups in total. The van der Waals surface area contributed by atoms with E-state index < -0.39 is 5.60 Å². The fourth-order valence-electron chi connectivity index (χ4n) is 4.27. The molecule has 28 heavy (non-hydrogen) atoms. The SMILES string of the molecule is CN1CC(=O)C(c2ccncc2)=NC1N1C[C@@H]2CC1CN2C(=O)OC(C)(C)C. The summed E-state index contributed by atoms with van der Waals surface area (Å²) in [5.74, 6) is 0.0182. The fourth-order valence-corrected chi connectivity index (χ4v) is 4.27. The van der Waals surface area contributed by atoms with Gasteiger partial charge in [0.2, 0.25) is 0 Å². The van der Waals surface area contributed by atoms with Gasteiger partial charge in [0.1, 0.15) is 11.3 Å². The van der Waals surface area contributed by atoms with Crippen LogP contribution in [-0.2, 0) is 9.53 Å². The Bertz CT molecular complexity index is 804. The monoisotopic (exact) mass is 385 g/mol. The van der Waals surface area contributed by atoms with Crippen LogP contribution in [0.1, 0.15) is 32.8 Å². The fraction of sp³-hybridized carbons (Fsp3) is 0.600. The van der Waals surface area contributed by atoms with Crippen molar-refractivity contribution in [2.45, 2.75) is 51.2 Å². The maximum Gasteiger partial charge on any atom is 0.410 e. The molecule has 2 saturated heterocycles. The molecule has 1 aromatic rings. The molecule has 1 aromatic heterocycles. The molecule has 3 aliphatic heterocycles. The number of pyridine rings is 1. The van der Waals surface area contributed by atoms with Gasteiger partial charge in [-0.05, 0) is 46.4 Å². The van der Waals surface area contributed by atoms with Gasteiger partial charge in [0, 0.05) is 43.1 Å². The van der Waals surface area contributed by atoms with Gasteiger partial charge >= 0.3 is 6.09 Å². The number of ether oxygens (including phenoxy) is 1. The number of aliphatic imine (C=N–C) groups is 1. The van der Waals surface area contributed by atoms with Gasteiger partial charge in [0.25, 0.3) is 0 Å². The van der Waals surface area contributed by atoms with Gasteiger partial charge in [-0.1, -0.05) is 0 Å². The normalized spacial score (nSPS) is 28.6. The van der Waals surface area contributed by atoms with Crippen LogP contribution in [0.3, 0.4) is 0 Å². The third-order valence-electron chi connectivity index (χ3n) is 5.46. The van der Waals surface area contributed by atoms with E-state index >= 15 is 0 Å². The van der Waals surface area contributed by atoms with Crippen molar-refractivity contribution in [3.05, 3.63) is 30.1 Å². The highest BCUT2D eigenvalue weighted by Gasteiger charge is 2.50. The number of carbonyl (C=O) groups is 2. The van der Waals surface area contributed by atoms with Crippen molar-refractivity contribution < 1.29 is 14.3 Å². The molecule has 2 bridgehead atoms. The highest BCUT2D eigenvalue weighted by molar-refractivity contribution is 6.47. The summed E-state index contributed by atoms with van der Waals surface area (Å²) in [5.41, 5.74) is 0.821. The van der Waals surface area contributed by atoms with Crippen LogP contribution in [0, 0.1) is 0 Å². The predicted octanol–water partition coefficient (Wildman–Crippen LogP) is 1.36. The lowest BCUT2D eigenvalue weighted by Crippen LogP contribution is -2.58. The highest BCUT2D eigenvalue weighted by atomic mass is 16.6. The first-order valence-corrected chi connectivity index (χ1v) is 9.70. The van der Waals surface area contributed by atoms with Gasteiger partial charge in [-0.2, -0.15) is 0 Å². The van der Waals surface area contributed by atoms with Gasteiger partial charge in [0.05, 0.1) is 6.54 Å². The summed E-state index contributed by atoms with van der Waals surface area (Å²) in [7, 11) is 1.92. The van der Waals surface area contributed by atoms with Crippen LogP contribution in [0.15, 0.2) is 29.5 Å². The molecular formula is C20H27N5O3. The van der Waals surface area contributed by atoms with Crippen molar-refractivity contribution in [3.8, 4) is 0 Å². The van der Waals surface area contributed by atoms with Crippen LogP contribution >= 0.6 is 0 Å². The van der Waals surface area contributed by atoms with Crippen LogP contribution in [0.4, 0.5) is 4.79 Å². The Morgan fingerprint density at radius 1 is 1.18 bits per heavy atom. The maximum absolute atomic E-state index is 12.5. The topological polar surface area (TPSA) is 78.3 Å². The molecule has 2 fully saturated rings. The molecule has 4 heterocycles. The zero-order valence-corrected chi connectivity index (χ0v) is 16.8. The van der Waals surface area contributed by atoms with Crippen molar-refractivity contribution in [2.75, 3.05) is 26.7 Å². The number of Topliss-reactive ketones (excluding diaryl/α,β-unsaturated/α-hetero) is 1. The molecule has 1 amide bonds. The number of nitrogens with zero attached hydrogens (tertiary/aromatic N) is 5. The molecule has 0 aliphatic carbocycles. The summed E-state index contributed by atoms with van der Waals surface area (Å²) in [4.78, 5) is 39.9. The van der Waals surface area contributed by atoms with Crippen LogP contribution in [0.5, 0.6) is 0 Å². The average Bonchev–Trinajstić information content (AvgIpc) is 3.22. The van der Waals surface area contributed by atoms with Gasteiger partial charge < -0.3 is 9.64 Å². The first kappa shape index (κ1) is 19.0. The second-order valence-corrected chi connectivity index (χ2v) is 8.77. The summed E-state index contributed by atoms with van der Waals surface area (Å²) in [5, 5.41) is 0. The van der Waals surface area contributed by atoms with Crippen LogP contribution in [0.2, 0.25) is 0 Å².